The lowest BCUT2D eigenvalue weighted by Gasteiger charge is -2.01. The van der Waals surface area contributed by atoms with Gasteiger partial charge in [0.05, 0.1) is 5.02 Å². The zero-order valence-electron chi connectivity index (χ0n) is 8.30. The van der Waals surface area contributed by atoms with E-state index in [2.05, 4.69) is 0 Å². The number of hydrogen-bond acceptors (Lipinski definition) is 1. The molecule has 0 heterocycles. The molecule has 1 fully saturated rings. The Morgan fingerprint density at radius 3 is 2.80 bits per heavy atom. The van der Waals surface area contributed by atoms with Crippen molar-refractivity contribution in [3.05, 3.63) is 34.6 Å². The van der Waals surface area contributed by atoms with Crippen molar-refractivity contribution in [1.82, 2.24) is 0 Å². The number of ketones is 1. The summed E-state index contributed by atoms with van der Waals surface area (Å²) < 4.78 is 12.8. The van der Waals surface area contributed by atoms with Crippen LogP contribution in [0.4, 0.5) is 4.39 Å². The summed E-state index contributed by atoms with van der Waals surface area (Å²) in [6.07, 6.45) is 3.39. The van der Waals surface area contributed by atoms with E-state index in [4.69, 9.17) is 11.6 Å². The Hall–Kier alpha value is -0.890. The topological polar surface area (TPSA) is 17.1 Å². The summed E-state index contributed by atoms with van der Waals surface area (Å²) >= 11 is 5.63. The van der Waals surface area contributed by atoms with Gasteiger partial charge in [0.1, 0.15) is 11.6 Å². The Morgan fingerprint density at radius 1 is 1.47 bits per heavy atom. The molecule has 1 aliphatic carbocycles. The Bertz CT molecular complexity index is 385. The van der Waals surface area contributed by atoms with Gasteiger partial charge in [-0.25, -0.2) is 4.39 Å². The van der Waals surface area contributed by atoms with Crippen molar-refractivity contribution in [1.29, 1.82) is 0 Å². The maximum atomic E-state index is 12.8. The quantitative estimate of drug-likeness (QED) is 0.769. The molecule has 0 aromatic heterocycles. The van der Waals surface area contributed by atoms with Crippen LogP contribution in [0.5, 0.6) is 0 Å². The number of Topliss-reactive ketones (excluding diaryl/α,β-unsaturated/α-hetero) is 1. The fraction of sp³-hybridized carbons (Fsp3) is 0.417. The zero-order valence-corrected chi connectivity index (χ0v) is 9.06. The van der Waals surface area contributed by atoms with Gasteiger partial charge in [0.15, 0.2) is 0 Å². The second kappa shape index (κ2) is 4.31. The van der Waals surface area contributed by atoms with E-state index in [1.54, 1.807) is 6.07 Å². The van der Waals surface area contributed by atoms with Gasteiger partial charge >= 0.3 is 0 Å². The van der Waals surface area contributed by atoms with E-state index in [1.807, 2.05) is 0 Å². The predicted octanol–water partition coefficient (Wildman–Crippen LogP) is 3.39. The van der Waals surface area contributed by atoms with Crippen LogP contribution in [0, 0.1) is 11.7 Å². The standard InChI is InChI=1S/C12H12ClFO/c13-11-7-9(3-4-12(11)14)6-10(15)5-8-1-2-8/h3-4,7-8H,1-2,5-6H2. The molecule has 1 aromatic rings. The zero-order chi connectivity index (χ0) is 10.8. The molecule has 0 N–H and O–H groups in total. The highest BCUT2D eigenvalue weighted by molar-refractivity contribution is 6.30. The van der Waals surface area contributed by atoms with Crippen LogP contribution < -0.4 is 0 Å². The molecule has 2 rings (SSSR count). The summed E-state index contributed by atoms with van der Waals surface area (Å²) in [6, 6.07) is 4.45. The molecular weight excluding hydrogens is 215 g/mol. The van der Waals surface area contributed by atoms with E-state index in [1.165, 1.54) is 25.0 Å². The maximum absolute atomic E-state index is 12.8. The number of hydrogen-bond donors (Lipinski definition) is 0. The lowest BCUT2D eigenvalue weighted by Crippen LogP contribution is -2.03. The Labute approximate surface area is 93.2 Å². The van der Waals surface area contributed by atoms with Crippen LogP contribution in [-0.2, 0) is 11.2 Å². The molecule has 0 unspecified atom stereocenters. The van der Waals surface area contributed by atoms with Crippen LogP contribution in [-0.4, -0.2) is 5.78 Å². The lowest BCUT2D eigenvalue weighted by atomic mass is 10.1. The second-order valence-corrected chi connectivity index (χ2v) is 4.52. The largest absolute Gasteiger partial charge is 0.299 e. The SMILES string of the molecule is O=C(Cc1ccc(F)c(Cl)c1)CC1CC1. The van der Waals surface area contributed by atoms with E-state index in [0.29, 0.717) is 18.8 Å². The van der Waals surface area contributed by atoms with Gasteiger partial charge in [-0.2, -0.15) is 0 Å². The average Bonchev–Trinajstić information content (AvgIpc) is 2.95. The van der Waals surface area contributed by atoms with E-state index in [0.717, 1.165) is 5.56 Å². The molecule has 1 saturated carbocycles. The molecule has 0 radical (unpaired) electrons. The van der Waals surface area contributed by atoms with Gasteiger partial charge in [-0.3, -0.25) is 4.79 Å². The Morgan fingerprint density at radius 2 is 2.20 bits per heavy atom. The normalized spacial score (nSPS) is 15.3. The minimum absolute atomic E-state index is 0.0896. The van der Waals surface area contributed by atoms with Crippen LogP contribution in [0.3, 0.4) is 0 Å². The van der Waals surface area contributed by atoms with Gasteiger partial charge in [0, 0.05) is 12.8 Å². The van der Waals surface area contributed by atoms with Gasteiger partial charge in [-0.05, 0) is 36.5 Å². The molecule has 1 aromatic carbocycles. The van der Waals surface area contributed by atoms with Crippen molar-refractivity contribution in [2.45, 2.75) is 25.7 Å². The van der Waals surface area contributed by atoms with Gasteiger partial charge in [0.2, 0.25) is 0 Å². The average molecular weight is 227 g/mol. The van der Waals surface area contributed by atoms with Crippen molar-refractivity contribution in [3.8, 4) is 0 Å². The Kier molecular flexibility index (Phi) is 3.06. The summed E-state index contributed by atoms with van der Waals surface area (Å²) in [4.78, 5) is 11.5. The molecule has 0 amide bonds. The molecule has 0 bridgehead atoms. The molecule has 3 heteroatoms. The lowest BCUT2D eigenvalue weighted by molar-refractivity contribution is -0.118. The molecule has 0 spiro atoms. The summed E-state index contributed by atoms with van der Waals surface area (Å²) in [7, 11) is 0. The van der Waals surface area contributed by atoms with E-state index in [9.17, 15) is 9.18 Å². The van der Waals surface area contributed by atoms with E-state index in [-0.39, 0.29) is 10.8 Å². The summed E-state index contributed by atoms with van der Waals surface area (Å²) in [6.45, 7) is 0. The van der Waals surface area contributed by atoms with Crippen LogP contribution in [0.25, 0.3) is 0 Å². The van der Waals surface area contributed by atoms with Gasteiger partial charge in [0.25, 0.3) is 0 Å². The molecular formula is C12H12ClFO. The predicted molar refractivity (Wildman–Crippen MR) is 57.5 cm³/mol. The first-order valence-corrected chi connectivity index (χ1v) is 5.48. The first-order chi connectivity index (χ1) is 7.15. The smallest absolute Gasteiger partial charge is 0.141 e. The van der Waals surface area contributed by atoms with Crippen molar-refractivity contribution in [2.75, 3.05) is 0 Å². The first-order valence-electron chi connectivity index (χ1n) is 5.11. The Balaban J connectivity index is 1.97. The van der Waals surface area contributed by atoms with Gasteiger partial charge in [-0.15, -0.1) is 0 Å². The van der Waals surface area contributed by atoms with Crippen LogP contribution in [0.2, 0.25) is 5.02 Å². The number of carbonyl (C=O) groups excluding carboxylic acids is 1. The molecule has 0 saturated heterocycles. The summed E-state index contributed by atoms with van der Waals surface area (Å²) in [5.41, 5.74) is 0.798. The summed E-state index contributed by atoms with van der Waals surface area (Å²) in [5.74, 6) is 0.392. The molecule has 1 nitrogen and oxygen atoms in total. The van der Waals surface area contributed by atoms with Crippen molar-refractivity contribution >= 4 is 17.4 Å². The summed E-state index contributed by atoms with van der Waals surface area (Å²) in [5, 5.41) is 0.0896. The highest BCUT2D eigenvalue weighted by Gasteiger charge is 2.24. The molecule has 0 atom stereocenters. The highest BCUT2D eigenvalue weighted by atomic mass is 35.5. The van der Waals surface area contributed by atoms with Crippen LogP contribution in [0.1, 0.15) is 24.8 Å². The minimum atomic E-state index is -0.435. The number of carbonyl (C=O) groups is 1. The van der Waals surface area contributed by atoms with Crippen molar-refractivity contribution < 1.29 is 9.18 Å². The number of benzene rings is 1. The third-order valence-corrected chi connectivity index (χ3v) is 2.89. The highest BCUT2D eigenvalue weighted by Crippen LogP contribution is 2.32. The fourth-order valence-corrected chi connectivity index (χ4v) is 1.80. The number of halogens is 2. The van der Waals surface area contributed by atoms with Crippen LogP contribution >= 0.6 is 11.6 Å². The minimum Gasteiger partial charge on any atom is -0.299 e. The second-order valence-electron chi connectivity index (χ2n) is 4.11. The van der Waals surface area contributed by atoms with Gasteiger partial charge < -0.3 is 0 Å². The molecule has 1 aliphatic rings. The van der Waals surface area contributed by atoms with Crippen molar-refractivity contribution in [2.24, 2.45) is 5.92 Å². The molecule has 15 heavy (non-hydrogen) atoms. The third kappa shape index (κ3) is 3.03. The van der Waals surface area contributed by atoms with E-state index >= 15 is 0 Å². The maximum Gasteiger partial charge on any atom is 0.141 e. The molecule has 0 aliphatic heterocycles. The third-order valence-electron chi connectivity index (χ3n) is 2.60. The van der Waals surface area contributed by atoms with E-state index < -0.39 is 5.82 Å². The molecule has 80 valence electrons. The van der Waals surface area contributed by atoms with Crippen molar-refractivity contribution in [3.63, 3.8) is 0 Å². The van der Waals surface area contributed by atoms with Gasteiger partial charge in [-0.1, -0.05) is 17.7 Å². The first kappa shape index (κ1) is 10.6. The fourth-order valence-electron chi connectivity index (χ4n) is 1.59. The van der Waals surface area contributed by atoms with Crippen LogP contribution in [0.15, 0.2) is 18.2 Å². The number of rotatable bonds is 4. The monoisotopic (exact) mass is 226 g/mol.